The van der Waals surface area contributed by atoms with Gasteiger partial charge in [0.25, 0.3) is 5.91 Å². The molecular formula is C16H19N3O3. The molecule has 2 aromatic rings. The van der Waals surface area contributed by atoms with Gasteiger partial charge in [-0.05, 0) is 0 Å². The van der Waals surface area contributed by atoms with Gasteiger partial charge in [-0.25, -0.2) is 0 Å². The number of carbonyl (C=O) groups is 1. The first-order chi connectivity index (χ1) is 10.8. The number of carbonyl (C=O) groups excluding carboxylic acids is 1. The second-order valence-corrected chi connectivity index (χ2v) is 5.15. The van der Waals surface area contributed by atoms with E-state index >= 15 is 0 Å². The van der Waals surface area contributed by atoms with E-state index in [9.17, 15) is 4.79 Å². The summed E-state index contributed by atoms with van der Waals surface area (Å²) < 4.78 is 10.3. The monoisotopic (exact) mass is 301 g/mol. The van der Waals surface area contributed by atoms with Crippen molar-refractivity contribution < 1.29 is 14.1 Å². The maximum Gasteiger partial charge on any atom is 0.256 e. The molecule has 6 heteroatoms. The van der Waals surface area contributed by atoms with Gasteiger partial charge in [0.2, 0.25) is 0 Å². The predicted molar refractivity (Wildman–Crippen MR) is 81.5 cm³/mol. The van der Waals surface area contributed by atoms with Crippen LogP contribution in [0.5, 0.6) is 0 Å². The van der Waals surface area contributed by atoms with Crippen molar-refractivity contribution in [3.05, 3.63) is 42.2 Å². The second kappa shape index (κ2) is 7.20. The summed E-state index contributed by atoms with van der Waals surface area (Å²) in [5, 5.41) is 6.86. The van der Waals surface area contributed by atoms with Crippen LogP contribution in [0.3, 0.4) is 0 Å². The normalized spacial score (nSPS) is 15.6. The first-order valence-corrected chi connectivity index (χ1v) is 7.42. The van der Waals surface area contributed by atoms with E-state index in [1.165, 1.54) is 6.26 Å². The number of nitrogens with one attached hydrogen (secondary N) is 1. The third-order valence-corrected chi connectivity index (χ3v) is 3.68. The SMILES string of the molecule is O=C(NCCN1CCOCC1)c1conc1-c1ccccc1. The highest BCUT2D eigenvalue weighted by molar-refractivity contribution is 5.99. The van der Waals surface area contributed by atoms with Crippen molar-refractivity contribution in [3.63, 3.8) is 0 Å². The maximum absolute atomic E-state index is 12.3. The molecule has 1 fully saturated rings. The van der Waals surface area contributed by atoms with Gasteiger partial charge < -0.3 is 14.6 Å². The summed E-state index contributed by atoms with van der Waals surface area (Å²) in [7, 11) is 0. The van der Waals surface area contributed by atoms with E-state index < -0.39 is 0 Å². The van der Waals surface area contributed by atoms with Gasteiger partial charge in [-0.15, -0.1) is 0 Å². The van der Waals surface area contributed by atoms with Crippen LogP contribution in [-0.4, -0.2) is 55.4 Å². The zero-order chi connectivity index (χ0) is 15.2. The summed E-state index contributed by atoms with van der Waals surface area (Å²) in [6.07, 6.45) is 1.40. The molecule has 116 valence electrons. The van der Waals surface area contributed by atoms with Crippen LogP contribution >= 0.6 is 0 Å². The molecule has 0 atom stereocenters. The Bertz CT molecular complexity index is 606. The minimum Gasteiger partial charge on any atom is -0.379 e. The van der Waals surface area contributed by atoms with Crippen molar-refractivity contribution in [2.75, 3.05) is 39.4 Å². The van der Waals surface area contributed by atoms with Gasteiger partial charge in [0, 0.05) is 31.7 Å². The molecule has 0 bridgehead atoms. The average Bonchev–Trinajstić information content (AvgIpc) is 3.06. The van der Waals surface area contributed by atoms with Crippen molar-refractivity contribution in [2.45, 2.75) is 0 Å². The van der Waals surface area contributed by atoms with Crippen LogP contribution in [0.25, 0.3) is 11.3 Å². The molecule has 0 spiro atoms. The van der Waals surface area contributed by atoms with Crippen LogP contribution in [0, 0.1) is 0 Å². The zero-order valence-corrected chi connectivity index (χ0v) is 12.3. The number of hydrogen-bond acceptors (Lipinski definition) is 5. The fourth-order valence-electron chi connectivity index (χ4n) is 2.45. The predicted octanol–water partition coefficient (Wildman–Crippen LogP) is 1.40. The Morgan fingerprint density at radius 3 is 2.77 bits per heavy atom. The van der Waals surface area contributed by atoms with Crippen LogP contribution in [-0.2, 0) is 4.74 Å². The molecule has 1 aliphatic heterocycles. The number of hydrogen-bond donors (Lipinski definition) is 1. The lowest BCUT2D eigenvalue weighted by Gasteiger charge is -2.26. The molecule has 0 unspecified atom stereocenters. The van der Waals surface area contributed by atoms with E-state index in [1.54, 1.807) is 0 Å². The van der Waals surface area contributed by atoms with E-state index in [1.807, 2.05) is 30.3 Å². The van der Waals surface area contributed by atoms with E-state index in [0.29, 0.717) is 17.8 Å². The van der Waals surface area contributed by atoms with Gasteiger partial charge in [0.1, 0.15) is 17.5 Å². The summed E-state index contributed by atoms with van der Waals surface area (Å²) in [4.78, 5) is 14.6. The fraction of sp³-hybridized carbons (Fsp3) is 0.375. The standard InChI is InChI=1S/C16H19N3O3/c20-16(17-6-7-19-8-10-21-11-9-19)14-12-22-18-15(14)13-4-2-1-3-5-13/h1-5,12H,6-11H2,(H,17,20). The van der Waals surface area contributed by atoms with Crippen LogP contribution in [0.15, 0.2) is 41.1 Å². The lowest BCUT2D eigenvalue weighted by Crippen LogP contribution is -2.41. The summed E-state index contributed by atoms with van der Waals surface area (Å²) in [5.41, 5.74) is 1.91. The van der Waals surface area contributed by atoms with Crippen LogP contribution in [0.1, 0.15) is 10.4 Å². The number of morpholine rings is 1. The minimum absolute atomic E-state index is 0.159. The number of ether oxygens (including phenoxy) is 1. The van der Waals surface area contributed by atoms with Crippen LogP contribution in [0.2, 0.25) is 0 Å². The van der Waals surface area contributed by atoms with E-state index in [0.717, 1.165) is 38.4 Å². The maximum atomic E-state index is 12.3. The van der Waals surface area contributed by atoms with Crippen LogP contribution < -0.4 is 5.32 Å². The Morgan fingerprint density at radius 1 is 1.23 bits per heavy atom. The van der Waals surface area contributed by atoms with Gasteiger partial charge in [-0.2, -0.15) is 0 Å². The molecule has 1 amide bonds. The topological polar surface area (TPSA) is 67.6 Å². The van der Waals surface area contributed by atoms with E-state index in [-0.39, 0.29) is 5.91 Å². The number of rotatable bonds is 5. The molecule has 1 aliphatic rings. The molecule has 22 heavy (non-hydrogen) atoms. The van der Waals surface area contributed by atoms with Gasteiger partial charge in [0.15, 0.2) is 0 Å². The number of benzene rings is 1. The molecule has 2 heterocycles. The number of aromatic nitrogens is 1. The molecule has 0 aliphatic carbocycles. The third kappa shape index (κ3) is 3.52. The number of amides is 1. The third-order valence-electron chi connectivity index (χ3n) is 3.68. The molecular weight excluding hydrogens is 282 g/mol. The largest absolute Gasteiger partial charge is 0.379 e. The van der Waals surface area contributed by atoms with Gasteiger partial charge >= 0.3 is 0 Å². The fourth-order valence-corrected chi connectivity index (χ4v) is 2.45. The molecule has 1 aromatic carbocycles. The van der Waals surface area contributed by atoms with Crippen molar-refractivity contribution in [3.8, 4) is 11.3 Å². The van der Waals surface area contributed by atoms with Crippen molar-refractivity contribution in [1.82, 2.24) is 15.4 Å². The van der Waals surface area contributed by atoms with Crippen molar-refractivity contribution in [2.24, 2.45) is 0 Å². The van der Waals surface area contributed by atoms with Gasteiger partial charge in [0.05, 0.1) is 13.2 Å². The molecule has 0 radical (unpaired) electrons. The lowest BCUT2D eigenvalue weighted by molar-refractivity contribution is 0.0383. The molecule has 1 N–H and O–H groups in total. The average molecular weight is 301 g/mol. The van der Waals surface area contributed by atoms with Crippen LogP contribution in [0.4, 0.5) is 0 Å². The summed E-state index contributed by atoms with van der Waals surface area (Å²) in [6, 6.07) is 9.55. The lowest BCUT2D eigenvalue weighted by atomic mass is 10.1. The van der Waals surface area contributed by atoms with E-state index in [2.05, 4.69) is 15.4 Å². The molecule has 0 saturated carbocycles. The Morgan fingerprint density at radius 2 is 2.00 bits per heavy atom. The first-order valence-electron chi connectivity index (χ1n) is 7.42. The summed E-state index contributed by atoms with van der Waals surface area (Å²) >= 11 is 0. The molecule has 6 nitrogen and oxygen atoms in total. The van der Waals surface area contributed by atoms with Gasteiger partial charge in [-0.1, -0.05) is 35.5 Å². The second-order valence-electron chi connectivity index (χ2n) is 5.15. The Balaban J connectivity index is 1.58. The Kier molecular flexibility index (Phi) is 4.82. The highest BCUT2D eigenvalue weighted by Crippen LogP contribution is 2.21. The first kappa shape index (κ1) is 14.7. The highest BCUT2D eigenvalue weighted by Gasteiger charge is 2.17. The Labute approximate surface area is 129 Å². The summed E-state index contributed by atoms with van der Waals surface area (Å²) in [5.74, 6) is -0.159. The number of nitrogens with zero attached hydrogens (tertiary/aromatic N) is 2. The van der Waals surface area contributed by atoms with Crippen molar-refractivity contribution in [1.29, 1.82) is 0 Å². The molecule has 1 aromatic heterocycles. The quantitative estimate of drug-likeness (QED) is 0.904. The highest BCUT2D eigenvalue weighted by atomic mass is 16.5. The zero-order valence-electron chi connectivity index (χ0n) is 12.3. The molecule has 1 saturated heterocycles. The smallest absolute Gasteiger partial charge is 0.256 e. The van der Waals surface area contributed by atoms with Crippen molar-refractivity contribution >= 4 is 5.91 Å². The summed E-state index contributed by atoms with van der Waals surface area (Å²) in [6.45, 7) is 4.77. The minimum atomic E-state index is -0.159. The van der Waals surface area contributed by atoms with Gasteiger partial charge in [-0.3, -0.25) is 9.69 Å². The molecule has 3 rings (SSSR count). The Hall–Kier alpha value is -2.18. The van der Waals surface area contributed by atoms with E-state index in [4.69, 9.17) is 9.26 Å².